The third-order valence-corrected chi connectivity index (χ3v) is 2.44. The number of rotatable bonds is 3. The molecule has 1 aromatic carbocycles. The van der Waals surface area contributed by atoms with Gasteiger partial charge < -0.3 is 9.84 Å². The second-order valence-corrected chi connectivity index (χ2v) is 3.63. The van der Waals surface area contributed by atoms with Gasteiger partial charge in [-0.2, -0.15) is 0 Å². The Balaban J connectivity index is 3.37. The SMILES string of the molecule is COc1c(Cl)cccc1C(F)(Cl)C(=O)O. The first-order valence-electron chi connectivity index (χ1n) is 3.85. The van der Waals surface area contributed by atoms with Gasteiger partial charge in [-0.1, -0.05) is 35.3 Å². The first-order chi connectivity index (χ1) is 6.91. The Kier molecular flexibility index (Phi) is 3.42. The van der Waals surface area contributed by atoms with Crippen molar-refractivity contribution < 1.29 is 19.0 Å². The molecule has 0 spiro atoms. The van der Waals surface area contributed by atoms with Gasteiger partial charge in [-0.25, -0.2) is 9.18 Å². The number of carboxylic acid groups (broad SMARTS) is 1. The maximum atomic E-state index is 13.6. The van der Waals surface area contributed by atoms with E-state index in [2.05, 4.69) is 0 Å². The van der Waals surface area contributed by atoms with E-state index >= 15 is 0 Å². The van der Waals surface area contributed by atoms with Crippen LogP contribution in [0.2, 0.25) is 5.02 Å². The second kappa shape index (κ2) is 4.24. The molecule has 0 heterocycles. The van der Waals surface area contributed by atoms with Crippen molar-refractivity contribution in [3.63, 3.8) is 0 Å². The summed E-state index contributed by atoms with van der Waals surface area (Å²) in [5.74, 6) is -1.90. The summed E-state index contributed by atoms with van der Waals surface area (Å²) in [6.45, 7) is 0. The van der Waals surface area contributed by atoms with Crippen molar-refractivity contribution in [2.75, 3.05) is 7.11 Å². The molecule has 3 nitrogen and oxygen atoms in total. The highest BCUT2D eigenvalue weighted by Crippen LogP contribution is 2.40. The summed E-state index contributed by atoms with van der Waals surface area (Å²) in [6.07, 6.45) is 0. The normalized spacial score (nSPS) is 14.4. The zero-order chi connectivity index (χ0) is 11.6. The molecule has 0 aliphatic rings. The van der Waals surface area contributed by atoms with E-state index in [0.29, 0.717) is 0 Å². The molecule has 15 heavy (non-hydrogen) atoms. The number of hydrogen-bond donors (Lipinski definition) is 1. The molecular formula is C9H7Cl2FO3. The van der Waals surface area contributed by atoms with Gasteiger partial charge in [-0.15, -0.1) is 0 Å². The molecule has 0 aliphatic carbocycles. The molecule has 1 rings (SSSR count). The van der Waals surface area contributed by atoms with Crippen LogP contribution in [0.25, 0.3) is 0 Å². The molecule has 0 aromatic heterocycles. The summed E-state index contributed by atoms with van der Waals surface area (Å²) in [5.41, 5.74) is -0.327. The fourth-order valence-corrected chi connectivity index (χ4v) is 1.48. The molecule has 0 fully saturated rings. The molecule has 0 saturated carbocycles. The summed E-state index contributed by atoms with van der Waals surface area (Å²) < 4.78 is 18.4. The first-order valence-corrected chi connectivity index (χ1v) is 4.61. The van der Waals surface area contributed by atoms with Crippen molar-refractivity contribution in [1.29, 1.82) is 0 Å². The van der Waals surface area contributed by atoms with Crippen molar-refractivity contribution >= 4 is 29.2 Å². The van der Waals surface area contributed by atoms with Gasteiger partial charge in [0.1, 0.15) is 5.75 Å². The minimum Gasteiger partial charge on any atom is -0.495 e. The van der Waals surface area contributed by atoms with Crippen LogP contribution >= 0.6 is 23.2 Å². The molecule has 0 amide bonds. The lowest BCUT2D eigenvalue weighted by atomic mass is 10.1. The van der Waals surface area contributed by atoms with E-state index in [1.165, 1.54) is 25.3 Å². The van der Waals surface area contributed by atoms with Crippen LogP contribution in [-0.4, -0.2) is 18.2 Å². The summed E-state index contributed by atoms with van der Waals surface area (Å²) in [5, 5.41) is 5.65. The number of aliphatic carboxylic acids is 1. The van der Waals surface area contributed by atoms with Crippen LogP contribution in [-0.2, 0) is 9.92 Å². The van der Waals surface area contributed by atoms with Crippen LogP contribution in [0.4, 0.5) is 4.39 Å². The number of benzene rings is 1. The monoisotopic (exact) mass is 252 g/mol. The Morgan fingerprint density at radius 2 is 2.20 bits per heavy atom. The van der Waals surface area contributed by atoms with Gasteiger partial charge in [0.15, 0.2) is 0 Å². The Hall–Kier alpha value is -1.00. The minimum atomic E-state index is -3.05. The largest absolute Gasteiger partial charge is 0.495 e. The second-order valence-electron chi connectivity index (χ2n) is 2.70. The van der Waals surface area contributed by atoms with E-state index < -0.39 is 11.1 Å². The van der Waals surface area contributed by atoms with E-state index in [1.54, 1.807) is 0 Å². The molecule has 0 saturated heterocycles. The Morgan fingerprint density at radius 3 is 2.67 bits per heavy atom. The van der Waals surface area contributed by atoms with Crippen molar-refractivity contribution in [2.24, 2.45) is 0 Å². The minimum absolute atomic E-state index is 0.0842. The lowest BCUT2D eigenvalue weighted by molar-refractivity contribution is -0.145. The van der Waals surface area contributed by atoms with E-state index in [0.717, 1.165) is 0 Å². The third kappa shape index (κ3) is 2.16. The summed E-state index contributed by atoms with van der Waals surface area (Å²) in [7, 11) is 1.25. The van der Waals surface area contributed by atoms with E-state index in [9.17, 15) is 9.18 Å². The maximum Gasteiger partial charge on any atom is 0.362 e. The molecule has 0 radical (unpaired) electrons. The zero-order valence-corrected chi connectivity index (χ0v) is 9.14. The lowest BCUT2D eigenvalue weighted by Crippen LogP contribution is -2.24. The summed E-state index contributed by atoms with van der Waals surface area (Å²) >= 11 is 10.9. The standard InChI is InChI=1S/C9H7Cl2FO3/c1-15-7-5(3-2-4-6(7)10)9(11,12)8(13)14/h2-4H,1H3,(H,13,14). The van der Waals surface area contributed by atoms with Crippen LogP contribution < -0.4 is 4.74 Å². The van der Waals surface area contributed by atoms with Gasteiger partial charge >= 0.3 is 11.1 Å². The van der Waals surface area contributed by atoms with Crippen molar-refractivity contribution in [3.8, 4) is 5.75 Å². The molecule has 1 aromatic rings. The van der Waals surface area contributed by atoms with Gasteiger partial charge in [-0.3, -0.25) is 0 Å². The van der Waals surface area contributed by atoms with Gasteiger partial charge in [0, 0.05) is 0 Å². The number of carbonyl (C=O) groups is 1. The van der Waals surface area contributed by atoms with E-state index in [1.807, 2.05) is 0 Å². The Morgan fingerprint density at radius 1 is 1.60 bits per heavy atom. The molecule has 0 aliphatic heterocycles. The number of methoxy groups -OCH3 is 1. The topological polar surface area (TPSA) is 46.5 Å². The highest BCUT2D eigenvalue weighted by atomic mass is 35.5. The molecule has 1 unspecified atom stereocenters. The number of carboxylic acids is 1. The molecule has 6 heteroatoms. The highest BCUT2D eigenvalue weighted by Gasteiger charge is 2.41. The van der Waals surface area contributed by atoms with Gasteiger partial charge in [0.25, 0.3) is 0 Å². The number of halogens is 3. The average Bonchev–Trinajstić information content (AvgIpc) is 2.17. The van der Waals surface area contributed by atoms with Crippen molar-refractivity contribution in [1.82, 2.24) is 0 Å². The fourth-order valence-electron chi connectivity index (χ4n) is 1.08. The fraction of sp³-hybridized carbons (Fsp3) is 0.222. The summed E-state index contributed by atoms with van der Waals surface area (Å²) in [4.78, 5) is 10.6. The molecular weight excluding hydrogens is 246 g/mol. The van der Waals surface area contributed by atoms with Gasteiger partial charge in [0.2, 0.25) is 0 Å². The zero-order valence-electron chi connectivity index (χ0n) is 7.63. The van der Waals surface area contributed by atoms with E-state index in [4.69, 9.17) is 33.0 Å². The van der Waals surface area contributed by atoms with Crippen LogP contribution in [0.1, 0.15) is 5.56 Å². The first kappa shape index (κ1) is 12.1. The highest BCUT2D eigenvalue weighted by molar-refractivity contribution is 6.34. The van der Waals surface area contributed by atoms with Gasteiger partial charge in [-0.05, 0) is 6.07 Å². The third-order valence-electron chi connectivity index (χ3n) is 1.78. The lowest BCUT2D eigenvalue weighted by Gasteiger charge is -2.17. The van der Waals surface area contributed by atoms with Crippen molar-refractivity contribution in [3.05, 3.63) is 28.8 Å². The van der Waals surface area contributed by atoms with Crippen LogP contribution in [0.5, 0.6) is 5.75 Å². The van der Waals surface area contributed by atoms with Crippen LogP contribution in [0, 0.1) is 0 Å². The quantitative estimate of drug-likeness (QED) is 0.842. The molecule has 82 valence electrons. The molecule has 0 bridgehead atoms. The Labute approximate surface area is 95.4 Å². The number of para-hydroxylation sites is 1. The number of alkyl halides is 2. The predicted octanol–water partition coefficient (Wildman–Crippen LogP) is 2.79. The van der Waals surface area contributed by atoms with E-state index in [-0.39, 0.29) is 16.3 Å². The van der Waals surface area contributed by atoms with Gasteiger partial charge in [0.05, 0.1) is 17.7 Å². The number of ether oxygens (including phenoxy) is 1. The Bertz CT molecular complexity index is 393. The van der Waals surface area contributed by atoms with Crippen LogP contribution in [0.15, 0.2) is 18.2 Å². The average molecular weight is 253 g/mol. The number of hydrogen-bond acceptors (Lipinski definition) is 2. The maximum absolute atomic E-state index is 13.6. The molecule has 1 N–H and O–H groups in total. The van der Waals surface area contributed by atoms with Crippen LogP contribution in [0.3, 0.4) is 0 Å². The summed E-state index contributed by atoms with van der Waals surface area (Å²) in [6, 6.07) is 4.03. The predicted molar refractivity (Wildman–Crippen MR) is 54.3 cm³/mol. The smallest absolute Gasteiger partial charge is 0.362 e. The molecule has 1 atom stereocenters. The van der Waals surface area contributed by atoms with Crippen molar-refractivity contribution in [2.45, 2.75) is 5.13 Å².